The summed E-state index contributed by atoms with van der Waals surface area (Å²) >= 11 is 0. The minimum absolute atomic E-state index is 0.0190. The first-order chi connectivity index (χ1) is 12.7. The van der Waals surface area contributed by atoms with Crippen LogP contribution in [-0.4, -0.2) is 29.9 Å². The van der Waals surface area contributed by atoms with Crippen molar-refractivity contribution in [1.82, 2.24) is 4.90 Å². The summed E-state index contributed by atoms with van der Waals surface area (Å²) in [5, 5.41) is 8.98. The minimum atomic E-state index is -0.547. The van der Waals surface area contributed by atoms with Crippen LogP contribution < -0.4 is 5.73 Å². The van der Waals surface area contributed by atoms with Gasteiger partial charge in [-0.2, -0.15) is 5.26 Å². The molecule has 26 heavy (non-hydrogen) atoms. The van der Waals surface area contributed by atoms with Gasteiger partial charge >= 0.3 is 0 Å². The summed E-state index contributed by atoms with van der Waals surface area (Å²) in [5.74, 6) is 0.649. The Bertz CT molecular complexity index is 773. The summed E-state index contributed by atoms with van der Waals surface area (Å²) in [5.41, 5.74) is 9.06. The van der Waals surface area contributed by atoms with Gasteiger partial charge in [0, 0.05) is 13.1 Å². The van der Waals surface area contributed by atoms with Crippen molar-refractivity contribution in [2.24, 2.45) is 11.7 Å². The quantitative estimate of drug-likeness (QED) is 0.904. The Kier molecular flexibility index (Phi) is 6.04. The number of piperidine rings is 1. The largest absolute Gasteiger partial charge is 0.341 e. The van der Waals surface area contributed by atoms with E-state index in [0.29, 0.717) is 17.9 Å². The Morgan fingerprint density at radius 3 is 2.50 bits per heavy atom. The van der Waals surface area contributed by atoms with E-state index in [-0.39, 0.29) is 5.91 Å². The summed E-state index contributed by atoms with van der Waals surface area (Å²) < 4.78 is 0. The van der Waals surface area contributed by atoms with Crippen molar-refractivity contribution in [3.63, 3.8) is 0 Å². The molecule has 4 nitrogen and oxygen atoms in total. The number of nitrogens with zero attached hydrogens (tertiary/aromatic N) is 2. The second-order valence-electron chi connectivity index (χ2n) is 7.08. The molecule has 0 radical (unpaired) electrons. The van der Waals surface area contributed by atoms with Crippen LogP contribution in [0.25, 0.3) is 0 Å². The molecule has 1 saturated heterocycles. The molecule has 1 fully saturated rings. The number of benzene rings is 2. The van der Waals surface area contributed by atoms with Crippen LogP contribution in [0, 0.1) is 17.2 Å². The Balaban J connectivity index is 1.50. The number of hydrogen-bond donors (Lipinski definition) is 1. The van der Waals surface area contributed by atoms with Crippen LogP contribution in [0.5, 0.6) is 0 Å². The van der Waals surface area contributed by atoms with E-state index in [1.54, 1.807) is 12.1 Å². The van der Waals surface area contributed by atoms with Gasteiger partial charge in [-0.05, 0) is 54.9 Å². The van der Waals surface area contributed by atoms with Crippen LogP contribution >= 0.6 is 0 Å². The standard InChI is InChI=1S/C22H25N3O/c23-16-20-8-4-7-19(14-20)15-21(24)22(26)25-11-9-18(10-12-25)13-17-5-2-1-3-6-17/h1-8,14,18,21H,9-13,15,24H2. The zero-order chi connectivity index (χ0) is 18.4. The van der Waals surface area contributed by atoms with Crippen LogP contribution in [0.2, 0.25) is 0 Å². The fourth-order valence-corrected chi connectivity index (χ4v) is 3.65. The number of likely N-dealkylation sites (tertiary alicyclic amines) is 1. The zero-order valence-electron chi connectivity index (χ0n) is 15.0. The molecule has 1 heterocycles. The SMILES string of the molecule is N#Cc1cccc(CC(N)C(=O)N2CCC(Cc3ccccc3)CC2)c1. The molecule has 2 aromatic carbocycles. The highest BCUT2D eigenvalue weighted by atomic mass is 16.2. The number of carbonyl (C=O) groups excluding carboxylic acids is 1. The average molecular weight is 347 g/mol. The molecule has 1 atom stereocenters. The van der Waals surface area contributed by atoms with Gasteiger partial charge in [0.25, 0.3) is 0 Å². The average Bonchev–Trinajstić information content (AvgIpc) is 2.69. The Morgan fingerprint density at radius 1 is 1.12 bits per heavy atom. The molecule has 1 unspecified atom stereocenters. The van der Waals surface area contributed by atoms with Crippen LogP contribution in [-0.2, 0) is 17.6 Å². The second-order valence-corrected chi connectivity index (χ2v) is 7.08. The van der Waals surface area contributed by atoms with Crippen molar-refractivity contribution in [2.75, 3.05) is 13.1 Å². The van der Waals surface area contributed by atoms with E-state index in [1.165, 1.54) is 5.56 Å². The van der Waals surface area contributed by atoms with Crippen molar-refractivity contribution in [1.29, 1.82) is 5.26 Å². The predicted octanol–water partition coefficient (Wildman–Crippen LogP) is 2.91. The lowest BCUT2D eigenvalue weighted by atomic mass is 9.90. The van der Waals surface area contributed by atoms with Gasteiger partial charge in [-0.25, -0.2) is 0 Å². The topological polar surface area (TPSA) is 70.1 Å². The van der Waals surface area contributed by atoms with Gasteiger partial charge in [-0.3, -0.25) is 4.79 Å². The predicted molar refractivity (Wildman–Crippen MR) is 102 cm³/mol. The Morgan fingerprint density at radius 2 is 1.81 bits per heavy atom. The summed E-state index contributed by atoms with van der Waals surface area (Å²) in [6.45, 7) is 1.56. The van der Waals surface area contributed by atoms with Crippen LogP contribution in [0.4, 0.5) is 0 Å². The van der Waals surface area contributed by atoms with Crippen LogP contribution in [0.15, 0.2) is 54.6 Å². The first kappa shape index (κ1) is 18.2. The maximum Gasteiger partial charge on any atom is 0.239 e. The van der Waals surface area contributed by atoms with E-state index in [9.17, 15) is 4.79 Å². The molecule has 3 rings (SSSR count). The number of nitrogens with two attached hydrogens (primary N) is 1. The van der Waals surface area contributed by atoms with Crippen molar-refractivity contribution in [2.45, 2.75) is 31.7 Å². The van der Waals surface area contributed by atoms with E-state index < -0.39 is 6.04 Å². The van der Waals surface area contributed by atoms with Gasteiger partial charge in [0.2, 0.25) is 5.91 Å². The van der Waals surface area contributed by atoms with E-state index in [4.69, 9.17) is 11.0 Å². The molecule has 0 aliphatic carbocycles. The third-order valence-corrected chi connectivity index (χ3v) is 5.12. The summed E-state index contributed by atoms with van der Waals surface area (Å²) in [6, 6.07) is 19.4. The van der Waals surface area contributed by atoms with Gasteiger partial charge in [0.15, 0.2) is 0 Å². The molecule has 2 N–H and O–H groups in total. The number of nitriles is 1. The molecular weight excluding hydrogens is 322 g/mol. The maximum absolute atomic E-state index is 12.7. The van der Waals surface area contributed by atoms with Gasteiger partial charge in [-0.1, -0.05) is 42.5 Å². The van der Waals surface area contributed by atoms with Gasteiger partial charge in [-0.15, -0.1) is 0 Å². The molecule has 0 saturated carbocycles. The molecule has 2 aromatic rings. The van der Waals surface area contributed by atoms with Crippen LogP contribution in [0.3, 0.4) is 0 Å². The lowest BCUT2D eigenvalue weighted by Crippen LogP contribution is -2.48. The highest BCUT2D eigenvalue weighted by Crippen LogP contribution is 2.22. The highest BCUT2D eigenvalue weighted by Gasteiger charge is 2.26. The van der Waals surface area contributed by atoms with Crippen LogP contribution in [0.1, 0.15) is 29.5 Å². The molecule has 0 bridgehead atoms. The zero-order valence-corrected chi connectivity index (χ0v) is 15.0. The molecule has 1 amide bonds. The lowest BCUT2D eigenvalue weighted by molar-refractivity contribution is -0.133. The van der Waals surface area contributed by atoms with Crippen molar-refractivity contribution >= 4 is 5.91 Å². The van der Waals surface area contributed by atoms with Gasteiger partial charge < -0.3 is 10.6 Å². The molecule has 1 aliphatic rings. The smallest absolute Gasteiger partial charge is 0.239 e. The van der Waals surface area contributed by atoms with Crippen molar-refractivity contribution in [3.8, 4) is 6.07 Å². The number of hydrogen-bond acceptors (Lipinski definition) is 3. The van der Waals surface area contributed by atoms with E-state index in [1.807, 2.05) is 23.1 Å². The van der Waals surface area contributed by atoms with E-state index in [0.717, 1.165) is 37.9 Å². The first-order valence-electron chi connectivity index (χ1n) is 9.23. The maximum atomic E-state index is 12.7. The van der Waals surface area contributed by atoms with E-state index >= 15 is 0 Å². The monoisotopic (exact) mass is 347 g/mol. The molecule has 134 valence electrons. The summed E-state index contributed by atoms with van der Waals surface area (Å²) in [7, 11) is 0. The van der Waals surface area contributed by atoms with Crippen molar-refractivity contribution < 1.29 is 4.79 Å². The number of amides is 1. The highest BCUT2D eigenvalue weighted by molar-refractivity contribution is 5.82. The molecular formula is C22H25N3O. The summed E-state index contributed by atoms with van der Waals surface area (Å²) in [6.07, 6.45) is 3.60. The Hall–Kier alpha value is -2.64. The lowest BCUT2D eigenvalue weighted by Gasteiger charge is -2.33. The fraction of sp³-hybridized carbons (Fsp3) is 0.364. The number of rotatable bonds is 5. The molecule has 0 spiro atoms. The van der Waals surface area contributed by atoms with Gasteiger partial charge in [0.1, 0.15) is 0 Å². The first-order valence-corrected chi connectivity index (χ1v) is 9.23. The molecule has 1 aliphatic heterocycles. The number of carbonyl (C=O) groups is 1. The van der Waals surface area contributed by atoms with E-state index in [2.05, 4.69) is 30.3 Å². The second kappa shape index (κ2) is 8.64. The van der Waals surface area contributed by atoms with Gasteiger partial charge in [0.05, 0.1) is 17.7 Å². The van der Waals surface area contributed by atoms with Crippen molar-refractivity contribution in [3.05, 3.63) is 71.3 Å². The third kappa shape index (κ3) is 4.71. The Labute approximate surface area is 155 Å². The fourth-order valence-electron chi connectivity index (χ4n) is 3.65. The minimum Gasteiger partial charge on any atom is -0.341 e. The molecule has 0 aromatic heterocycles. The third-order valence-electron chi connectivity index (χ3n) is 5.12. The molecule has 4 heteroatoms. The summed E-state index contributed by atoms with van der Waals surface area (Å²) in [4.78, 5) is 14.6. The normalized spacial score (nSPS) is 16.1.